The number of carbonyl (C=O) groups is 2. The number of Topliss-reactive ketones (excluding diaryl/α,β-unsaturated/α-hetero) is 1. The van der Waals surface area contributed by atoms with E-state index >= 15 is 0 Å². The number of hydrogen-bond acceptors (Lipinski definition) is 2. The van der Waals surface area contributed by atoms with Crippen LogP contribution in [0.1, 0.15) is 32.3 Å². The van der Waals surface area contributed by atoms with Crippen molar-refractivity contribution in [1.82, 2.24) is 5.32 Å². The molecule has 3 nitrogen and oxygen atoms in total. The molecule has 114 valence electrons. The topological polar surface area (TPSA) is 46.2 Å². The van der Waals surface area contributed by atoms with Crippen molar-refractivity contribution in [2.75, 3.05) is 0 Å². The molecule has 0 saturated heterocycles. The summed E-state index contributed by atoms with van der Waals surface area (Å²) in [6.07, 6.45) is 4.60. The Morgan fingerprint density at radius 1 is 1.18 bits per heavy atom. The van der Waals surface area contributed by atoms with Crippen LogP contribution < -0.4 is 5.32 Å². The molecule has 0 saturated carbocycles. The Kier molecular flexibility index (Phi) is 5.10. The normalized spacial score (nSPS) is 17.8. The highest BCUT2D eigenvalue weighted by Gasteiger charge is 2.27. The van der Waals surface area contributed by atoms with Crippen LogP contribution in [0, 0.1) is 5.92 Å². The standard InChI is InChI=1S/C19H21NO2/c1-13(2)16-11-17(14(3)21)18(12-16)20-19(22)10-9-15-7-5-4-6-8-15/h4-10,16H,1,11-12H2,2-3H3,(H,20,22)/t16-/m0/s1. The molecule has 0 aliphatic heterocycles. The number of rotatable bonds is 5. The minimum absolute atomic E-state index is 0.0195. The average molecular weight is 295 g/mol. The molecule has 1 amide bonds. The Morgan fingerprint density at radius 2 is 1.86 bits per heavy atom. The van der Waals surface area contributed by atoms with E-state index in [0.717, 1.165) is 22.4 Å². The van der Waals surface area contributed by atoms with Crippen molar-refractivity contribution in [2.24, 2.45) is 5.92 Å². The second-order valence-electron chi connectivity index (χ2n) is 5.70. The molecule has 0 spiro atoms. The van der Waals surface area contributed by atoms with Gasteiger partial charge in [-0.05, 0) is 44.2 Å². The number of amides is 1. The van der Waals surface area contributed by atoms with Gasteiger partial charge in [-0.1, -0.05) is 42.5 Å². The number of nitrogens with one attached hydrogen (secondary N) is 1. The van der Waals surface area contributed by atoms with E-state index in [-0.39, 0.29) is 17.6 Å². The summed E-state index contributed by atoms with van der Waals surface area (Å²) in [4.78, 5) is 23.8. The predicted molar refractivity (Wildman–Crippen MR) is 88.9 cm³/mol. The molecule has 0 radical (unpaired) electrons. The van der Waals surface area contributed by atoms with E-state index in [1.165, 1.54) is 6.08 Å². The summed E-state index contributed by atoms with van der Waals surface area (Å²) in [7, 11) is 0. The fourth-order valence-corrected chi connectivity index (χ4v) is 2.57. The molecule has 0 aromatic heterocycles. The van der Waals surface area contributed by atoms with Gasteiger partial charge < -0.3 is 5.32 Å². The predicted octanol–water partition coefficient (Wildman–Crippen LogP) is 3.65. The fourth-order valence-electron chi connectivity index (χ4n) is 2.57. The van der Waals surface area contributed by atoms with Crippen LogP contribution >= 0.6 is 0 Å². The van der Waals surface area contributed by atoms with Crippen LogP contribution in [0.4, 0.5) is 0 Å². The van der Waals surface area contributed by atoms with Gasteiger partial charge in [0.05, 0.1) is 0 Å². The number of carbonyl (C=O) groups excluding carboxylic acids is 2. The third-order valence-corrected chi connectivity index (χ3v) is 3.89. The van der Waals surface area contributed by atoms with Crippen molar-refractivity contribution in [3.8, 4) is 0 Å². The van der Waals surface area contributed by atoms with E-state index in [1.54, 1.807) is 13.0 Å². The molecular formula is C19H21NO2. The molecule has 0 fully saturated rings. The fraction of sp³-hybridized carbons (Fsp3) is 0.263. The van der Waals surface area contributed by atoms with Crippen LogP contribution in [0.25, 0.3) is 6.08 Å². The Balaban J connectivity index is 2.06. The van der Waals surface area contributed by atoms with Crippen molar-refractivity contribution in [3.63, 3.8) is 0 Å². The highest BCUT2D eigenvalue weighted by Crippen LogP contribution is 2.34. The molecular weight excluding hydrogens is 274 g/mol. The van der Waals surface area contributed by atoms with Gasteiger partial charge in [0.1, 0.15) is 0 Å². The lowest BCUT2D eigenvalue weighted by molar-refractivity contribution is -0.115. The zero-order chi connectivity index (χ0) is 16.1. The third-order valence-electron chi connectivity index (χ3n) is 3.89. The van der Waals surface area contributed by atoms with Crippen molar-refractivity contribution in [3.05, 3.63) is 65.4 Å². The van der Waals surface area contributed by atoms with Crippen molar-refractivity contribution < 1.29 is 9.59 Å². The quantitative estimate of drug-likeness (QED) is 0.666. The molecule has 1 aromatic rings. The number of benzene rings is 1. The monoisotopic (exact) mass is 295 g/mol. The maximum atomic E-state index is 12.1. The summed E-state index contributed by atoms with van der Waals surface area (Å²) in [5.41, 5.74) is 3.46. The van der Waals surface area contributed by atoms with E-state index in [4.69, 9.17) is 0 Å². The summed E-state index contributed by atoms with van der Waals surface area (Å²) < 4.78 is 0. The molecule has 1 aliphatic rings. The maximum absolute atomic E-state index is 12.1. The summed E-state index contributed by atoms with van der Waals surface area (Å²) in [5.74, 6) is 0.0540. The van der Waals surface area contributed by atoms with Crippen LogP contribution in [0.2, 0.25) is 0 Å². The van der Waals surface area contributed by atoms with Gasteiger partial charge in [0.15, 0.2) is 5.78 Å². The van der Waals surface area contributed by atoms with Gasteiger partial charge >= 0.3 is 0 Å². The van der Waals surface area contributed by atoms with Gasteiger partial charge in [-0.2, -0.15) is 0 Å². The van der Waals surface area contributed by atoms with Gasteiger partial charge in [-0.3, -0.25) is 9.59 Å². The lowest BCUT2D eigenvalue weighted by Crippen LogP contribution is -2.21. The molecule has 0 unspecified atom stereocenters. The van der Waals surface area contributed by atoms with Gasteiger partial charge in [-0.15, -0.1) is 0 Å². The van der Waals surface area contributed by atoms with Crippen LogP contribution in [0.15, 0.2) is 59.8 Å². The van der Waals surface area contributed by atoms with Crippen LogP contribution in [0.3, 0.4) is 0 Å². The highest BCUT2D eigenvalue weighted by atomic mass is 16.1. The van der Waals surface area contributed by atoms with Crippen molar-refractivity contribution >= 4 is 17.8 Å². The van der Waals surface area contributed by atoms with Gasteiger partial charge in [-0.25, -0.2) is 0 Å². The molecule has 2 rings (SSSR count). The molecule has 3 heteroatoms. The first kappa shape index (κ1) is 16.0. The Morgan fingerprint density at radius 3 is 2.45 bits per heavy atom. The van der Waals surface area contributed by atoms with Gasteiger partial charge in [0.2, 0.25) is 5.91 Å². The molecule has 22 heavy (non-hydrogen) atoms. The molecule has 0 heterocycles. The van der Waals surface area contributed by atoms with E-state index in [9.17, 15) is 9.59 Å². The Bertz CT molecular complexity index is 653. The second-order valence-corrected chi connectivity index (χ2v) is 5.70. The van der Waals surface area contributed by atoms with E-state index in [2.05, 4.69) is 11.9 Å². The van der Waals surface area contributed by atoms with Crippen LogP contribution in [0.5, 0.6) is 0 Å². The van der Waals surface area contributed by atoms with Crippen molar-refractivity contribution in [2.45, 2.75) is 26.7 Å². The van der Waals surface area contributed by atoms with E-state index in [0.29, 0.717) is 12.8 Å². The van der Waals surface area contributed by atoms with E-state index in [1.807, 2.05) is 37.3 Å². The Hall–Kier alpha value is -2.42. The minimum Gasteiger partial charge on any atom is -0.326 e. The lowest BCUT2D eigenvalue weighted by atomic mass is 9.97. The zero-order valence-electron chi connectivity index (χ0n) is 13.1. The zero-order valence-corrected chi connectivity index (χ0v) is 13.1. The molecule has 1 aliphatic carbocycles. The summed E-state index contributed by atoms with van der Waals surface area (Å²) >= 11 is 0. The van der Waals surface area contributed by atoms with E-state index < -0.39 is 0 Å². The first-order valence-corrected chi connectivity index (χ1v) is 7.40. The SMILES string of the molecule is C=C(C)[C@@H]1CC(NC(=O)C=Cc2ccccc2)=C(C(C)=O)C1. The number of allylic oxidation sites excluding steroid dienone is 3. The molecule has 1 atom stereocenters. The third kappa shape index (κ3) is 4.04. The summed E-state index contributed by atoms with van der Waals surface area (Å²) in [6.45, 7) is 7.46. The smallest absolute Gasteiger partial charge is 0.248 e. The van der Waals surface area contributed by atoms with Crippen LogP contribution in [-0.4, -0.2) is 11.7 Å². The highest BCUT2D eigenvalue weighted by molar-refractivity contribution is 5.97. The van der Waals surface area contributed by atoms with Gasteiger partial charge in [0.25, 0.3) is 0 Å². The minimum atomic E-state index is -0.208. The van der Waals surface area contributed by atoms with Crippen molar-refractivity contribution in [1.29, 1.82) is 0 Å². The first-order valence-electron chi connectivity index (χ1n) is 7.40. The largest absolute Gasteiger partial charge is 0.326 e. The van der Waals surface area contributed by atoms with Gasteiger partial charge in [0, 0.05) is 17.3 Å². The second kappa shape index (κ2) is 7.03. The summed E-state index contributed by atoms with van der Waals surface area (Å²) in [5, 5.41) is 2.86. The lowest BCUT2D eigenvalue weighted by Gasteiger charge is -2.09. The number of ketones is 1. The summed E-state index contributed by atoms with van der Waals surface area (Å²) in [6, 6.07) is 9.62. The molecule has 0 bridgehead atoms. The molecule has 1 aromatic carbocycles. The number of hydrogen-bond donors (Lipinski definition) is 1. The van der Waals surface area contributed by atoms with Crippen LogP contribution in [-0.2, 0) is 9.59 Å². The Labute approximate surface area is 131 Å². The first-order chi connectivity index (χ1) is 10.5. The maximum Gasteiger partial charge on any atom is 0.248 e. The average Bonchev–Trinajstić information content (AvgIpc) is 2.90. The molecule has 1 N–H and O–H groups in total.